The largest absolute Gasteiger partial charge is 0.478 e. The van der Waals surface area contributed by atoms with Crippen LogP contribution in [0.25, 0.3) is 0 Å². The number of aromatic nitrogens is 3. The average molecular weight is 244 g/mol. The smallest absolute Gasteiger partial charge is 0.175 e. The van der Waals surface area contributed by atoms with Crippen molar-refractivity contribution < 1.29 is 4.74 Å². The second kappa shape index (κ2) is 4.68. The van der Waals surface area contributed by atoms with Gasteiger partial charge < -0.3 is 14.6 Å². The Hall–Kier alpha value is -2.04. The van der Waals surface area contributed by atoms with Crippen LogP contribution in [0.1, 0.15) is 25.3 Å². The Morgan fingerprint density at radius 2 is 2.33 bits per heavy atom. The van der Waals surface area contributed by atoms with Crippen molar-refractivity contribution in [2.75, 3.05) is 11.9 Å². The molecule has 5 nitrogen and oxygen atoms in total. The normalized spacial score (nSPS) is 17.7. The molecule has 0 radical (unpaired) electrons. The van der Waals surface area contributed by atoms with Gasteiger partial charge in [-0.3, -0.25) is 0 Å². The molecule has 1 N–H and O–H groups in total. The van der Waals surface area contributed by atoms with Crippen molar-refractivity contribution in [3.8, 4) is 5.75 Å². The molecule has 1 aromatic carbocycles. The van der Waals surface area contributed by atoms with Crippen LogP contribution in [0.4, 0.5) is 5.69 Å². The molecule has 0 amide bonds. The summed E-state index contributed by atoms with van der Waals surface area (Å²) in [5.41, 5.74) is 1.04. The molecule has 2 heterocycles. The molecule has 1 aliphatic heterocycles. The first-order valence-corrected chi connectivity index (χ1v) is 6.25. The van der Waals surface area contributed by atoms with Crippen molar-refractivity contribution in [2.45, 2.75) is 26.0 Å². The van der Waals surface area contributed by atoms with Gasteiger partial charge >= 0.3 is 0 Å². The van der Waals surface area contributed by atoms with Gasteiger partial charge in [0.25, 0.3) is 0 Å². The lowest BCUT2D eigenvalue weighted by atomic mass is 10.2. The van der Waals surface area contributed by atoms with Crippen LogP contribution in [0.5, 0.6) is 5.75 Å². The molecule has 1 aromatic heterocycles. The van der Waals surface area contributed by atoms with Gasteiger partial charge in [-0.15, -0.1) is 10.2 Å². The molecule has 2 aromatic rings. The Morgan fingerprint density at radius 1 is 1.44 bits per heavy atom. The van der Waals surface area contributed by atoms with Gasteiger partial charge in [-0.1, -0.05) is 19.1 Å². The third-order valence-electron chi connectivity index (χ3n) is 3.03. The molecule has 18 heavy (non-hydrogen) atoms. The molecule has 0 saturated heterocycles. The number of hydrogen-bond acceptors (Lipinski definition) is 4. The molecule has 1 unspecified atom stereocenters. The van der Waals surface area contributed by atoms with E-state index in [1.807, 2.05) is 24.3 Å². The molecule has 0 spiro atoms. The maximum atomic E-state index is 5.98. The van der Waals surface area contributed by atoms with E-state index in [1.165, 1.54) is 0 Å². The summed E-state index contributed by atoms with van der Waals surface area (Å²) in [5, 5.41) is 11.5. The Labute approximate surface area is 106 Å². The molecule has 0 bridgehead atoms. The highest BCUT2D eigenvalue weighted by Crippen LogP contribution is 2.32. The summed E-state index contributed by atoms with van der Waals surface area (Å²) in [4.78, 5) is 0. The quantitative estimate of drug-likeness (QED) is 0.899. The number of nitrogens with zero attached hydrogens (tertiary/aromatic N) is 3. The van der Waals surface area contributed by atoms with Crippen molar-refractivity contribution in [3.63, 3.8) is 0 Å². The van der Waals surface area contributed by atoms with E-state index >= 15 is 0 Å². The first kappa shape index (κ1) is 11.1. The Balaban J connectivity index is 1.85. The fourth-order valence-corrected chi connectivity index (χ4v) is 2.18. The highest BCUT2D eigenvalue weighted by Gasteiger charge is 2.24. The highest BCUT2D eigenvalue weighted by atomic mass is 16.5. The van der Waals surface area contributed by atoms with Gasteiger partial charge in [0, 0.05) is 6.54 Å². The summed E-state index contributed by atoms with van der Waals surface area (Å²) in [5.74, 6) is 1.76. The van der Waals surface area contributed by atoms with Crippen molar-refractivity contribution in [1.29, 1.82) is 0 Å². The second-order valence-corrected chi connectivity index (χ2v) is 4.37. The summed E-state index contributed by atoms with van der Waals surface area (Å²) >= 11 is 0. The van der Waals surface area contributed by atoms with Gasteiger partial charge in [0.2, 0.25) is 0 Å². The van der Waals surface area contributed by atoms with Crippen LogP contribution in [0, 0.1) is 0 Å². The number of nitrogens with one attached hydrogen (secondary N) is 1. The monoisotopic (exact) mass is 244 g/mol. The van der Waals surface area contributed by atoms with Crippen molar-refractivity contribution >= 4 is 5.69 Å². The molecular formula is C13H16N4O. The SMILES string of the molecule is CCCn1cnnc1C1CNc2ccccc2O1. The number of aryl methyl sites for hydroxylation is 1. The Morgan fingerprint density at radius 3 is 3.22 bits per heavy atom. The Bertz CT molecular complexity index is 537. The molecular weight excluding hydrogens is 228 g/mol. The molecule has 3 rings (SSSR count). The minimum atomic E-state index is -0.0750. The number of hydrogen-bond donors (Lipinski definition) is 1. The number of rotatable bonds is 3. The number of para-hydroxylation sites is 2. The molecule has 5 heteroatoms. The summed E-state index contributed by atoms with van der Waals surface area (Å²) in [6, 6.07) is 7.95. The molecule has 1 atom stereocenters. The van der Waals surface area contributed by atoms with E-state index in [-0.39, 0.29) is 6.10 Å². The lowest BCUT2D eigenvalue weighted by Gasteiger charge is -2.26. The van der Waals surface area contributed by atoms with Crippen LogP contribution in [0.15, 0.2) is 30.6 Å². The first-order chi connectivity index (χ1) is 8.88. The van der Waals surface area contributed by atoms with Crippen LogP contribution in [0.2, 0.25) is 0 Å². The minimum Gasteiger partial charge on any atom is -0.478 e. The maximum Gasteiger partial charge on any atom is 0.175 e. The van der Waals surface area contributed by atoms with Crippen LogP contribution in [0.3, 0.4) is 0 Å². The lowest BCUT2D eigenvalue weighted by Crippen LogP contribution is -2.26. The van der Waals surface area contributed by atoms with Crippen molar-refractivity contribution in [3.05, 3.63) is 36.4 Å². The number of benzene rings is 1. The number of anilines is 1. The van der Waals surface area contributed by atoms with Crippen molar-refractivity contribution in [2.24, 2.45) is 0 Å². The van der Waals surface area contributed by atoms with Crippen LogP contribution in [-0.4, -0.2) is 21.3 Å². The van der Waals surface area contributed by atoms with Crippen LogP contribution < -0.4 is 10.1 Å². The summed E-state index contributed by atoms with van der Waals surface area (Å²) in [7, 11) is 0. The summed E-state index contributed by atoms with van der Waals surface area (Å²) in [6.07, 6.45) is 2.75. The average Bonchev–Trinajstić information content (AvgIpc) is 2.87. The maximum absolute atomic E-state index is 5.98. The first-order valence-electron chi connectivity index (χ1n) is 6.25. The zero-order chi connectivity index (χ0) is 12.4. The van der Waals surface area contributed by atoms with Crippen LogP contribution in [-0.2, 0) is 6.54 Å². The van der Waals surface area contributed by atoms with E-state index in [1.54, 1.807) is 6.33 Å². The fraction of sp³-hybridized carbons (Fsp3) is 0.385. The van der Waals surface area contributed by atoms with Crippen molar-refractivity contribution in [1.82, 2.24) is 14.8 Å². The summed E-state index contributed by atoms with van der Waals surface area (Å²) < 4.78 is 8.03. The number of ether oxygens (including phenoxy) is 1. The van der Waals surface area contributed by atoms with Gasteiger partial charge in [-0.25, -0.2) is 0 Å². The predicted molar refractivity (Wildman–Crippen MR) is 68.6 cm³/mol. The summed E-state index contributed by atoms with van der Waals surface area (Å²) in [6.45, 7) is 3.78. The molecule has 1 aliphatic rings. The third kappa shape index (κ3) is 1.92. The van der Waals surface area contributed by atoms with E-state index < -0.39 is 0 Å². The van der Waals surface area contributed by atoms with E-state index in [2.05, 4.69) is 27.0 Å². The van der Waals surface area contributed by atoms with E-state index in [4.69, 9.17) is 4.74 Å². The van der Waals surface area contributed by atoms with E-state index in [0.717, 1.165) is 36.8 Å². The van der Waals surface area contributed by atoms with Gasteiger partial charge in [0.05, 0.1) is 12.2 Å². The molecule has 0 aliphatic carbocycles. The van der Waals surface area contributed by atoms with Gasteiger partial charge in [0.1, 0.15) is 12.1 Å². The molecule has 0 fully saturated rings. The standard InChI is InChI=1S/C13H16N4O/c1-2-7-17-9-15-16-13(17)12-8-14-10-5-3-4-6-11(10)18-12/h3-6,9,12,14H,2,7-8H2,1H3. The van der Waals surface area contributed by atoms with Gasteiger partial charge in [-0.05, 0) is 18.6 Å². The topological polar surface area (TPSA) is 52.0 Å². The minimum absolute atomic E-state index is 0.0750. The highest BCUT2D eigenvalue weighted by molar-refractivity contribution is 5.57. The van der Waals surface area contributed by atoms with E-state index in [9.17, 15) is 0 Å². The molecule has 0 saturated carbocycles. The zero-order valence-corrected chi connectivity index (χ0v) is 10.3. The second-order valence-electron chi connectivity index (χ2n) is 4.37. The van der Waals surface area contributed by atoms with Gasteiger partial charge in [-0.2, -0.15) is 0 Å². The molecule has 94 valence electrons. The Kier molecular flexibility index (Phi) is 2.88. The predicted octanol–water partition coefficient (Wildman–Crippen LogP) is 2.23. The van der Waals surface area contributed by atoms with Crippen LogP contribution >= 0.6 is 0 Å². The lowest BCUT2D eigenvalue weighted by molar-refractivity contribution is 0.194. The fourth-order valence-electron chi connectivity index (χ4n) is 2.18. The zero-order valence-electron chi connectivity index (χ0n) is 10.3. The third-order valence-corrected chi connectivity index (χ3v) is 3.03. The van der Waals surface area contributed by atoms with Gasteiger partial charge in [0.15, 0.2) is 11.9 Å². The number of fused-ring (bicyclic) bond motifs is 1. The van der Waals surface area contributed by atoms with E-state index in [0.29, 0.717) is 0 Å².